The fourth-order valence-corrected chi connectivity index (χ4v) is 1.42. The molecule has 0 bridgehead atoms. The summed E-state index contributed by atoms with van der Waals surface area (Å²) in [6.07, 6.45) is -4.44. The molecular weight excluding hydrogens is 235 g/mol. The molecule has 0 aliphatic rings. The lowest BCUT2D eigenvalue weighted by molar-refractivity contribution is -0.139. The highest BCUT2D eigenvalue weighted by Crippen LogP contribution is 2.31. The van der Waals surface area contributed by atoms with Gasteiger partial charge in [0.25, 0.3) is 0 Å². The van der Waals surface area contributed by atoms with Crippen LogP contribution in [0.25, 0.3) is 0 Å². The van der Waals surface area contributed by atoms with Crippen molar-refractivity contribution in [3.05, 3.63) is 35.4 Å². The summed E-state index contributed by atoms with van der Waals surface area (Å²) < 4.78 is 37.3. The largest absolute Gasteiger partial charge is 0.480 e. The Kier molecular flexibility index (Phi) is 3.77. The number of hydrogen-bond donors (Lipinski definition) is 2. The first-order chi connectivity index (χ1) is 7.73. The number of hydrogen-bond acceptors (Lipinski definition) is 2. The number of rotatable bonds is 3. The first-order valence-electron chi connectivity index (χ1n) is 4.89. The summed E-state index contributed by atoms with van der Waals surface area (Å²) in [4.78, 5) is 10.6. The minimum atomic E-state index is -4.44. The van der Waals surface area contributed by atoms with Crippen molar-refractivity contribution in [3.8, 4) is 0 Å². The van der Waals surface area contributed by atoms with Crippen LogP contribution in [0.1, 0.15) is 24.0 Å². The van der Waals surface area contributed by atoms with Crippen LogP contribution in [0.4, 0.5) is 13.2 Å². The molecule has 2 atom stereocenters. The van der Waals surface area contributed by atoms with E-state index in [4.69, 9.17) is 10.8 Å². The fourth-order valence-electron chi connectivity index (χ4n) is 1.42. The van der Waals surface area contributed by atoms with Crippen LogP contribution in [0.15, 0.2) is 24.3 Å². The fraction of sp³-hybridized carbons (Fsp3) is 0.364. The minimum Gasteiger partial charge on any atom is -0.480 e. The van der Waals surface area contributed by atoms with Gasteiger partial charge < -0.3 is 10.8 Å². The van der Waals surface area contributed by atoms with Crippen LogP contribution in [-0.2, 0) is 11.0 Å². The normalized spacial score (nSPS) is 15.4. The van der Waals surface area contributed by atoms with Crippen LogP contribution >= 0.6 is 0 Å². The molecule has 0 amide bonds. The van der Waals surface area contributed by atoms with E-state index in [1.807, 2.05) is 0 Å². The first-order valence-corrected chi connectivity index (χ1v) is 4.89. The maximum absolute atomic E-state index is 12.4. The van der Waals surface area contributed by atoms with E-state index in [1.54, 1.807) is 0 Å². The van der Waals surface area contributed by atoms with Gasteiger partial charge >= 0.3 is 12.1 Å². The number of alkyl halides is 3. The van der Waals surface area contributed by atoms with Gasteiger partial charge in [-0.05, 0) is 11.6 Å². The summed E-state index contributed by atoms with van der Waals surface area (Å²) in [6, 6.07) is 3.31. The number of nitrogens with two attached hydrogens (primary N) is 1. The van der Waals surface area contributed by atoms with Gasteiger partial charge in [0.15, 0.2) is 0 Å². The molecule has 0 saturated carbocycles. The molecule has 94 valence electrons. The van der Waals surface area contributed by atoms with Crippen LogP contribution in [0, 0.1) is 0 Å². The van der Waals surface area contributed by atoms with Gasteiger partial charge in [-0.3, -0.25) is 4.79 Å². The summed E-state index contributed by atoms with van der Waals surface area (Å²) in [5.41, 5.74) is 4.82. The van der Waals surface area contributed by atoms with Crippen molar-refractivity contribution in [2.45, 2.75) is 25.1 Å². The predicted molar refractivity (Wildman–Crippen MR) is 55.5 cm³/mol. The number of carboxylic acid groups (broad SMARTS) is 1. The molecule has 2 unspecified atom stereocenters. The second-order valence-corrected chi connectivity index (χ2v) is 3.78. The van der Waals surface area contributed by atoms with E-state index < -0.39 is 29.7 Å². The summed E-state index contributed by atoms with van der Waals surface area (Å²) in [6.45, 7) is 1.48. The van der Waals surface area contributed by atoms with E-state index in [9.17, 15) is 18.0 Å². The Bertz CT molecular complexity index is 417. The molecule has 3 N–H and O–H groups in total. The molecule has 6 heteroatoms. The summed E-state index contributed by atoms with van der Waals surface area (Å²) in [5, 5.41) is 8.70. The average molecular weight is 247 g/mol. The Hall–Kier alpha value is -1.56. The third kappa shape index (κ3) is 3.20. The lowest BCUT2D eigenvalue weighted by Crippen LogP contribution is -2.35. The molecule has 1 aromatic rings. The van der Waals surface area contributed by atoms with Crippen molar-refractivity contribution < 1.29 is 23.1 Å². The zero-order valence-electron chi connectivity index (χ0n) is 9.03. The average Bonchev–Trinajstić information content (AvgIpc) is 2.26. The van der Waals surface area contributed by atoms with E-state index in [2.05, 4.69) is 0 Å². The summed E-state index contributed by atoms with van der Waals surface area (Å²) in [5.74, 6) is -1.93. The molecule has 0 aliphatic carbocycles. The maximum atomic E-state index is 12.4. The highest BCUT2D eigenvalue weighted by molar-refractivity contribution is 5.74. The van der Waals surface area contributed by atoms with Crippen molar-refractivity contribution in [2.75, 3.05) is 0 Å². The zero-order valence-corrected chi connectivity index (χ0v) is 9.03. The SMILES string of the molecule is CC(c1cccc(C(F)(F)F)c1)C(N)C(=O)O. The van der Waals surface area contributed by atoms with Gasteiger partial charge in [0.05, 0.1) is 5.56 Å². The highest BCUT2D eigenvalue weighted by Gasteiger charge is 2.31. The molecule has 1 rings (SSSR count). The van der Waals surface area contributed by atoms with Crippen LogP contribution in [0.3, 0.4) is 0 Å². The van der Waals surface area contributed by atoms with Gasteiger partial charge in [0, 0.05) is 5.92 Å². The molecule has 17 heavy (non-hydrogen) atoms. The maximum Gasteiger partial charge on any atom is 0.416 e. The van der Waals surface area contributed by atoms with E-state index in [0.717, 1.165) is 12.1 Å². The van der Waals surface area contributed by atoms with Gasteiger partial charge in [0.2, 0.25) is 0 Å². The smallest absolute Gasteiger partial charge is 0.416 e. The zero-order chi connectivity index (χ0) is 13.2. The Balaban J connectivity index is 3.04. The van der Waals surface area contributed by atoms with Crippen molar-refractivity contribution in [1.29, 1.82) is 0 Å². The molecule has 0 heterocycles. The topological polar surface area (TPSA) is 63.3 Å². The number of carboxylic acids is 1. The van der Waals surface area contributed by atoms with Crippen LogP contribution < -0.4 is 5.73 Å². The lowest BCUT2D eigenvalue weighted by Gasteiger charge is -2.17. The standard InChI is InChI=1S/C11H12F3NO2/c1-6(9(15)10(16)17)7-3-2-4-8(5-7)11(12,13)14/h2-6,9H,15H2,1H3,(H,16,17). The second kappa shape index (κ2) is 4.75. The third-order valence-corrected chi connectivity index (χ3v) is 2.56. The number of aliphatic carboxylic acids is 1. The van der Waals surface area contributed by atoms with Crippen molar-refractivity contribution in [1.82, 2.24) is 0 Å². The molecule has 0 saturated heterocycles. The Labute approximate surface area is 96.0 Å². The quantitative estimate of drug-likeness (QED) is 0.860. The molecule has 3 nitrogen and oxygen atoms in total. The Morgan fingerprint density at radius 1 is 1.41 bits per heavy atom. The molecule has 0 aliphatic heterocycles. The minimum absolute atomic E-state index is 0.259. The van der Waals surface area contributed by atoms with E-state index in [1.165, 1.54) is 19.1 Å². The number of halogens is 3. The molecule has 0 fully saturated rings. The number of benzene rings is 1. The summed E-state index contributed by atoms with van der Waals surface area (Å²) >= 11 is 0. The van der Waals surface area contributed by atoms with Crippen LogP contribution in [-0.4, -0.2) is 17.1 Å². The van der Waals surface area contributed by atoms with Gasteiger partial charge in [-0.15, -0.1) is 0 Å². The lowest BCUT2D eigenvalue weighted by atomic mass is 9.92. The Morgan fingerprint density at radius 3 is 2.47 bits per heavy atom. The summed E-state index contributed by atoms with van der Waals surface area (Å²) in [7, 11) is 0. The third-order valence-electron chi connectivity index (χ3n) is 2.56. The van der Waals surface area contributed by atoms with Crippen LogP contribution in [0.2, 0.25) is 0 Å². The van der Waals surface area contributed by atoms with Crippen LogP contribution in [0.5, 0.6) is 0 Å². The molecular formula is C11H12F3NO2. The van der Waals surface area contributed by atoms with E-state index >= 15 is 0 Å². The van der Waals surface area contributed by atoms with Crippen molar-refractivity contribution in [2.24, 2.45) is 5.73 Å². The van der Waals surface area contributed by atoms with E-state index in [-0.39, 0.29) is 5.56 Å². The molecule has 0 spiro atoms. The van der Waals surface area contributed by atoms with E-state index in [0.29, 0.717) is 0 Å². The molecule has 0 aromatic heterocycles. The molecule has 0 radical (unpaired) electrons. The van der Waals surface area contributed by atoms with Crippen molar-refractivity contribution >= 4 is 5.97 Å². The monoisotopic (exact) mass is 247 g/mol. The van der Waals surface area contributed by atoms with Crippen molar-refractivity contribution in [3.63, 3.8) is 0 Å². The van der Waals surface area contributed by atoms with Gasteiger partial charge in [-0.2, -0.15) is 13.2 Å². The Morgan fingerprint density at radius 2 is 2.00 bits per heavy atom. The number of carbonyl (C=O) groups is 1. The van der Waals surface area contributed by atoms with Gasteiger partial charge in [-0.1, -0.05) is 25.1 Å². The molecule has 1 aromatic carbocycles. The first kappa shape index (κ1) is 13.5. The predicted octanol–water partition coefficient (Wildman–Crippen LogP) is 2.22. The van der Waals surface area contributed by atoms with Gasteiger partial charge in [-0.25, -0.2) is 0 Å². The highest BCUT2D eigenvalue weighted by atomic mass is 19.4. The second-order valence-electron chi connectivity index (χ2n) is 3.78. The van der Waals surface area contributed by atoms with Gasteiger partial charge in [0.1, 0.15) is 6.04 Å².